The van der Waals surface area contributed by atoms with E-state index in [4.69, 9.17) is 0 Å². The zero-order valence-electron chi connectivity index (χ0n) is 12.0. The lowest BCUT2D eigenvalue weighted by Crippen LogP contribution is -2.54. The van der Waals surface area contributed by atoms with Crippen LogP contribution in [0.4, 0.5) is 0 Å². The van der Waals surface area contributed by atoms with E-state index < -0.39 is 0 Å². The van der Waals surface area contributed by atoms with E-state index in [2.05, 4.69) is 47.5 Å². The summed E-state index contributed by atoms with van der Waals surface area (Å²) in [7, 11) is 0. The van der Waals surface area contributed by atoms with Gasteiger partial charge in [0.05, 0.1) is 0 Å². The summed E-state index contributed by atoms with van der Waals surface area (Å²) < 4.78 is 0. The van der Waals surface area contributed by atoms with Crippen molar-refractivity contribution in [3.63, 3.8) is 0 Å². The fourth-order valence-corrected chi connectivity index (χ4v) is 3.52. The van der Waals surface area contributed by atoms with Gasteiger partial charge in [0.25, 0.3) is 0 Å². The van der Waals surface area contributed by atoms with E-state index in [1.54, 1.807) is 0 Å². The minimum absolute atomic E-state index is 0.682. The number of nitrogens with one attached hydrogen (secondary N) is 1. The Balaban J connectivity index is 1.48. The normalized spacial score (nSPS) is 31.9. The molecular formula is C17H26N2. The van der Waals surface area contributed by atoms with Crippen LogP contribution in [0.25, 0.3) is 0 Å². The van der Waals surface area contributed by atoms with Gasteiger partial charge in [-0.15, -0.1) is 0 Å². The highest BCUT2D eigenvalue weighted by atomic mass is 15.2. The van der Waals surface area contributed by atoms with Gasteiger partial charge in [0, 0.05) is 25.2 Å². The zero-order valence-corrected chi connectivity index (χ0v) is 12.0. The Morgan fingerprint density at radius 2 is 2.00 bits per heavy atom. The van der Waals surface area contributed by atoms with Gasteiger partial charge in [-0.3, -0.25) is 4.90 Å². The van der Waals surface area contributed by atoms with Gasteiger partial charge in [0.15, 0.2) is 0 Å². The van der Waals surface area contributed by atoms with Crippen LogP contribution in [0.5, 0.6) is 0 Å². The van der Waals surface area contributed by atoms with E-state index in [1.807, 2.05) is 0 Å². The summed E-state index contributed by atoms with van der Waals surface area (Å²) in [5, 5.41) is 3.74. The zero-order chi connectivity index (χ0) is 13.1. The standard InChI is InChI=1S/C17H26N2/c1-14-9-10-17(14)19-11-5-8-16(13-19)18-12-15-6-3-2-4-7-15/h2-4,6-7,14,16-18H,5,8-13H2,1H3. The SMILES string of the molecule is CC1CCC1N1CCCC(NCc2ccccc2)C1. The van der Waals surface area contributed by atoms with Crippen molar-refractivity contribution < 1.29 is 0 Å². The number of nitrogens with zero attached hydrogens (tertiary/aromatic N) is 1. The van der Waals surface area contributed by atoms with Crippen molar-refractivity contribution >= 4 is 0 Å². The van der Waals surface area contributed by atoms with Crippen LogP contribution in [0.3, 0.4) is 0 Å². The van der Waals surface area contributed by atoms with Crippen molar-refractivity contribution in [3.8, 4) is 0 Å². The summed E-state index contributed by atoms with van der Waals surface area (Å²) >= 11 is 0. The van der Waals surface area contributed by atoms with Crippen LogP contribution in [0.15, 0.2) is 30.3 Å². The van der Waals surface area contributed by atoms with Crippen molar-refractivity contribution in [2.45, 2.75) is 51.2 Å². The lowest BCUT2D eigenvalue weighted by molar-refractivity contribution is 0.0440. The first-order valence-corrected chi connectivity index (χ1v) is 7.84. The first kappa shape index (κ1) is 13.1. The quantitative estimate of drug-likeness (QED) is 0.893. The lowest BCUT2D eigenvalue weighted by Gasteiger charge is -2.46. The minimum Gasteiger partial charge on any atom is -0.309 e. The fourth-order valence-electron chi connectivity index (χ4n) is 3.52. The number of hydrogen-bond donors (Lipinski definition) is 1. The topological polar surface area (TPSA) is 15.3 Å². The van der Waals surface area contributed by atoms with E-state index in [0.717, 1.165) is 18.5 Å². The maximum Gasteiger partial charge on any atom is 0.0208 e. The molecule has 1 aliphatic carbocycles. The molecule has 0 aromatic heterocycles. The Labute approximate surface area is 117 Å². The Morgan fingerprint density at radius 1 is 1.16 bits per heavy atom. The molecule has 1 aromatic rings. The second-order valence-electron chi connectivity index (χ2n) is 6.32. The Hall–Kier alpha value is -0.860. The molecule has 0 radical (unpaired) electrons. The molecular weight excluding hydrogens is 232 g/mol. The Bertz CT molecular complexity index is 390. The summed E-state index contributed by atoms with van der Waals surface area (Å²) in [6, 6.07) is 12.3. The molecule has 19 heavy (non-hydrogen) atoms. The molecule has 3 atom stereocenters. The summed E-state index contributed by atoms with van der Waals surface area (Å²) in [5.74, 6) is 0.924. The molecule has 1 saturated carbocycles. The number of piperidine rings is 1. The van der Waals surface area contributed by atoms with Gasteiger partial charge >= 0.3 is 0 Å². The third-order valence-electron chi connectivity index (χ3n) is 4.93. The molecule has 1 N–H and O–H groups in total. The highest BCUT2D eigenvalue weighted by molar-refractivity contribution is 5.14. The highest BCUT2D eigenvalue weighted by Gasteiger charge is 2.34. The van der Waals surface area contributed by atoms with Gasteiger partial charge in [0.1, 0.15) is 0 Å². The van der Waals surface area contributed by atoms with Gasteiger partial charge in [-0.05, 0) is 43.7 Å². The predicted octanol–water partition coefficient (Wildman–Crippen LogP) is 3.04. The largest absolute Gasteiger partial charge is 0.309 e. The molecule has 2 heteroatoms. The van der Waals surface area contributed by atoms with E-state index in [-0.39, 0.29) is 0 Å². The van der Waals surface area contributed by atoms with Gasteiger partial charge in [-0.2, -0.15) is 0 Å². The van der Waals surface area contributed by atoms with Crippen LogP contribution in [-0.2, 0) is 6.54 Å². The van der Waals surface area contributed by atoms with Crippen molar-refractivity contribution in [1.29, 1.82) is 0 Å². The van der Waals surface area contributed by atoms with E-state index in [1.165, 1.54) is 44.3 Å². The van der Waals surface area contributed by atoms with Crippen LogP contribution < -0.4 is 5.32 Å². The third kappa shape index (κ3) is 3.18. The summed E-state index contributed by atoms with van der Waals surface area (Å²) in [6.07, 6.45) is 5.55. The molecule has 3 unspecified atom stereocenters. The monoisotopic (exact) mass is 258 g/mol. The predicted molar refractivity (Wildman–Crippen MR) is 80.1 cm³/mol. The second kappa shape index (κ2) is 6.06. The maximum atomic E-state index is 3.74. The molecule has 0 spiro atoms. The van der Waals surface area contributed by atoms with Crippen molar-refractivity contribution in [1.82, 2.24) is 10.2 Å². The molecule has 2 fully saturated rings. The average molecular weight is 258 g/mol. The average Bonchev–Trinajstić information content (AvgIpc) is 2.45. The van der Waals surface area contributed by atoms with Crippen molar-refractivity contribution in [2.24, 2.45) is 5.92 Å². The van der Waals surface area contributed by atoms with Crippen LogP contribution >= 0.6 is 0 Å². The first-order valence-electron chi connectivity index (χ1n) is 7.84. The number of likely N-dealkylation sites (tertiary alicyclic amines) is 1. The second-order valence-corrected chi connectivity index (χ2v) is 6.32. The van der Waals surface area contributed by atoms with Crippen molar-refractivity contribution in [3.05, 3.63) is 35.9 Å². The number of rotatable bonds is 4. The van der Waals surface area contributed by atoms with Gasteiger partial charge < -0.3 is 5.32 Å². The molecule has 1 saturated heterocycles. The van der Waals surface area contributed by atoms with Crippen LogP contribution in [0.1, 0.15) is 38.2 Å². The fraction of sp³-hybridized carbons (Fsp3) is 0.647. The van der Waals surface area contributed by atoms with Crippen LogP contribution in [-0.4, -0.2) is 30.1 Å². The Kier molecular flexibility index (Phi) is 4.19. The van der Waals surface area contributed by atoms with E-state index in [9.17, 15) is 0 Å². The minimum atomic E-state index is 0.682. The van der Waals surface area contributed by atoms with Crippen molar-refractivity contribution in [2.75, 3.05) is 13.1 Å². The van der Waals surface area contributed by atoms with E-state index >= 15 is 0 Å². The smallest absolute Gasteiger partial charge is 0.0208 e. The van der Waals surface area contributed by atoms with E-state index in [0.29, 0.717) is 6.04 Å². The maximum absolute atomic E-state index is 3.74. The Morgan fingerprint density at radius 3 is 2.68 bits per heavy atom. The number of hydrogen-bond acceptors (Lipinski definition) is 2. The molecule has 3 rings (SSSR count). The molecule has 1 heterocycles. The summed E-state index contributed by atoms with van der Waals surface area (Å²) in [6.45, 7) is 6.00. The molecule has 0 amide bonds. The molecule has 2 nitrogen and oxygen atoms in total. The molecule has 104 valence electrons. The highest BCUT2D eigenvalue weighted by Crippen LogP contribution is 2.33. The molecule has 1 aromatic carbocycles. The molecule has 2 aliphatic rings. The van der Waals surface area contributed by atoms with Gasteiger partial charge in [-0.1, -0.05) is 37.3 Å². The van der Waals surface area contributed by atoms with Crippen LogP contribution in [0, 0.1) is 5.92 Å². The van der Waals surface area contributed by atoms with Gasteiger partial charge in [-0.25, -0.2) is 0 Å². The number of benzene rings is 1. The summed E-state index contributed by atoms with van der Waals surface area (Å²) in [5.41, 5.74) is 1.40. The van der Waals surface area contributed by atoms with Gasteiger partial charge in [0.2, 0.25) is 0 Å². The summed E-state index contributed by atoms with van der Waals surface area (Å²) in [4.78, 5) is 2.74. The lowest BCUT2D eigenvalue weighted by atomic mass is 9.79. The molecule has 0 bridgehead atoms. The first-order chi connectivity index (χ1) is 9.33. The van der Waals surface area contributed by atoms with Crippen LogP contribution in [0.2, 0.25) is 0 Å². The molecule has 1 aliphatic heterocycles. The third-order valence-corrected chi connectivity index (χ3v) is 4.93.